The first-order chi connectivity index (χ1) is 17.6. The van der Waals surface area contributed by atoms with Crippen LogP contribution in [0.2, 0.25) is 0 Å². The number of nitrogens with zero attached hydrogens (tertiary/aromatic N) is 3. The molecule has 2 saturated heterocycles. The number of fused-ring (bicyclic) bond motifs is 1. The molecule has 1 aromatic heterocycles. The van der Waals surface area contributed by atoms with Crippen molar-refractivity contribution in [2.24, 2.45) is 5.92 Å². The zero-order valence-corrected chi connectivity index (χ0v) is 21.9. The van der Waals surface area contributed by atoms with Gasteiger partial charge in [-0.05, 0) is 55.9 Å². The maximum absolute atomic E-state index is 14.3. The Balaban J connectivity index is 1.49. The molecular weight excluding hydrogens is 530 g/mol. The summed E-state index contributed by atoms with van der Waals surface area (Å²) in [6.07, 6.45) is 3.47. The maximum Gasteiger partial charge on any atom is 0.243 e. The van der Waals surface area contributed by atoms with Crippen molar-refractivity contribution in [1.29, 1.82) is 0 Å². The number of thioether (sulfide) groups is 1. The highest BCUT2D eigenvalue weighted by atomic mass is 32.2. The normalized spacial score (nSPS) is 21.2. The molecule has 2 atom stereocenters. The molecule has 2 aliphatic rings. The summed E-state index contributed by atoms with van der Waals surface area (Å²) < 4.78 is 90.8. The lowest BCUT2D eigenvalue weighted by atomic mass is 10.0. The summed E-state index contributed by atoms with van der Waals surface area (Å²) >= 11 is 1.03. The zero-order valence-electron chi connectivity index (χ0n) is 20.2. The van der Waals surface area contributed by atoms with Crippen molar-refractivity contribution >= 4 is 32.8 Å². The summed E-state index contributed by atoms with van der Waals surface area (Å²) in [6.45, 7) is 4.03. The van der Waals surface area contributed by atoms with E-state index in [0.717, 1.165) is 37.4 Å². The van der Waals surface area contributed by atoms with Gasteiger partial charge in [-0.15, -0.1) is 0 Å². The Labute approximate surface area is 217 Å². The van der Waals surface area contributed by atoms with Gasteiger partial charge in [0, 0.05) is 31.0 Å². The summed E-state index contributed by atoms with van der Waals surface area (Å²) in [5.41, 5.74) is 0.768. The van der Waals surface area contributed by atoms with Crippen LogP contribution in [-0.4, -0.2) is 48.1 Å². The molecule has 0 radical (unpaired) electrons. The van der Waals surface area contributed by atoms with Crippen LogP contribution in [0.15, 0.2) is 34.3 Å². The van der Waals surface area contributed by atoms with E-state index in [0.29, 0.717) is 48.5 Å². The number of hydrogen-bond acceptors (Lipinski definition) is 5. The first-order valence-electron chi connectivity index (χ1n) is 12.2. The number of ether oxygens (including phenoxy) is 1. The third-order valence-corrected chi connectivity index (χ3v) is 9.77. The number of halogens is 4. The fraction of sp³-hybridized carbons (Fsp3) is 0.480. The van der Waals surface area contributed by atoms with Crippen molar-refractivity contribution < 1.29 is 30.7 Å². The zero-order chi connectivity index (χ0) is 26.3. The molecule has 5 rings (SSSR count). The maximum atomic E-state index is 14.3. The number of aromatic nitrogens is 2. The molecule has 3 heterocycles. The second-order valence-corrected chi connectivity index (χ2v) is 12.5. The predicted molar refractivity (Wildman–Crippen MR) is 132 cm³/mol. The van der Waals surface area contributed by atoms with Gasteiger partial charge in [0.1, 0.15) is 0 Å². The lowest BCUT2D eigenvalue weighted by Crippen LogP contribution is -2.39. The average molecular weight is 558 g/mol. The largest absolute Gasteiger partial charge is 0.376 e. The van der Waals surface area contributed by atoms with Gasteiger partial charge in [-0.3, -0.25) is 0 Å². The minimum absolute atomic E-state index is 0.0764. The van der Waals surface area contributed by atoms with Gasteiger partial charge in [0.25, 0.3) is 0 Å². The second-order valence-electron chi connectivity index (χ2n) is 9.65. The highest BCUT2D eigenvalue weighted by Crippen LogP contribution is 2.32. The number of hydrogen-bond donors (Lipinski definition) is 0. The number of sulfonamides is 1. The molecule has 0 saturated carbocycles. The van der Waals surface area contributed by atoms with Crippen LogP contribution in [-0.2, 0) is 27.1 Å². The molecule has 2 aromatic carbocycles. The van der Waals surface area contributed by atoms with Crippen molar-refractivity contribution in [3.63, 3.8) is 0 Å². The molecule has 2 aliphatic heterocycles. The predicted octanol–water partition coefficient (Wildman–Crippen LogP) is 5.48. The smallest absolute Gasteiger partial charge is 0.243 e. The molecule has 2 fully saturated rings. The first-order valence-corrected chi connectivity index (χ1v) is 14.6. The first kappa shape index (κ1) is 26.5. The Morgan fingerprint density at radius 3 is 2.62 bits per heavy atom. The molecule has 0 N–H and O–H groups in total. The fourth-order valence-electron chi connectivity index (χ4n) is 4.91. The van der Waals surface area contributed by atoms with Crippen molar-refractivity contribution in [3.05, 3.63) is 53.1 Å². The van der Waals surface area contributed by atoms with Gasteiger partial charge in [0.15, 0.2) is 28.4 Å². The number of imidazole rings is 1. The molecule has 0 amide bonds. The van der Waals surface area contributed by atoms with Gasteiger partial charge in [0.05, 0.1) is 28.6 Å². The summed E-state index contributed by atoms with van der Waals surface area (Å²) in [5.74, 6) is -6.55. The van der Waals surface area contributed by atoms with Gasteiger partial charge < -0.3 is 9.30 Å². The fourth-order valence-corrected chi connectivity index (χ4v) is 7.51. The summed E-state index contributed by atoms with van der Waals surface area (Å²) in [5, 5.41) is 0.413. The average Bonchev–Trinajstić information content (AvgIpc) is 3.52. The van der Waals surface area contributed by atoms with Crippen molar-refractivity contribution in [3.8, 4) is 0 Å². The van der Waals surface area contributed by atoms with Crippen LogP contribution >= 0.6 is 11.8 Å². The Morgan fingerprint density at radius 2 is 1.89 bits per heavy atom. The standard InChI is InChI=1S/C25H27F4N3O3S2/c1-15-4-2-8-31(12-15)37(33,34)18-6-7-21-20(11-18)30-25(32(21)13-17-5-3-9-35-17)36-14-16-10-19(26)23(28)24(29)22(16)27/h6-7,10-11,15,17H,2-5,8-9,12-14H2,1H3/t15-,17-/m1/s1. The molecule has 6 nitrogen and oxygen atoms in total. The van der Waals surface area contributed by atoms with E-state index in [2.05, 4.69) is 4.98 Å². The third kappa shape index (κ3) is 5.25. The van der Waals surface area contributed by atoms with Gasteiger partial charge in [-0.25, -0.2) is 31.0 Å². The molecule has 200 valence electrons. The van der Waals surface area contributed by atoms with E-state index in [4.69, 9.17) is 4.74 Å². The highest BCUT2D eigenvalue weighted by Gasteiger charge is 2.30. The molecule has 0 unspecified atom stereocenters. The second kappa shape index (κ2) is 10.5. The minimum Gasteiger partial charge on any atom is -0.376 e. The molecule has 12 heteroatoms. The quantitative estimate of drug-likeness (QED) is 0.167. The highest BCUT2D eigenvalue weighted by molar-refractivity contribution is 7.98. The van der Waals surface area contributed by atoms with E-state index in [-0.39, 0.29) is 28.2 Å². The molecule has 0 bridgehead atoms. The Hall–Kier alpha value is -2.15. The Kier molecular flexibility index (Phi) is 7.54. The molecule has 37 heavy (non-hydrogen) atoms. The van der Waals surface area contributed by atoms with E-state index >= 15 is 0 Å². The van der Waals surface area contributed by atoms with E-state index in [1.54, 1.807) is 12.1 Å². The van der Waals surface area contributed by atoms with Crippen LogP contribution in [0.5, 0.6) is 0 Å². The van der Waals surface area contributed by atoms with Crippen LogP contribution in [0.25, 0.3) is 11.0 Å². The number of benzene rings is 2. The lowest BCUT2D eigenvalue weighted by Gasteiger charge is -2.30. The van der Waals surface area contributed by atoms with Gasteiger partial charge in [-0.2, -0.15) is 4.31 Å². The van der Waals surface area contributed by atoms with Crippen molar-refractivity contribution in [2.75, 3.05) is 19.7 Å². The molecule has 3 aromatic rings. The molecule has 0 aliphatic carbocycles. The number of piperidine rings is 1. The topological polar surface area (TPSA) is 64.4 Å². The lowest BCUT2D eigenvalue weighted by molar-refractivity contribution is 0.0960. The van der Waals surface area contributed by atoms with Gasteiger partial charge >= 0.3 is 0 Å². The van der Waals surface area contributed by atoms with E-state index in [1.165, 1.54) is 10.4 Å². The van der Waals surface area contributed by atoms with Gasteiger partial charge in [-0.1, -0.05) is 18.7 Å². The number of rotatable bonds is 7. The van der Waals surface area contributed by atoms with E-state index in [9.17, 15) is 26.0 Å². The summed E-state index contributed by atoms with van der Waals surface area (Å²) in [6, 6.07) is 5.42. The van der Waals surface area contributed by atoms with Crippen molar-refractivity contribution in [1.82, 2.24) is 13.9 Å². The Bertz CT molecular complexity index is 1420. The Morgan fingerprint density at radius 1 is 1.08 bits per heavy atom. The van der Waals surface area contributed by atoms with Crippen LogP contribution in [0.3, 0.4) is 0 Å². The van der Waals surface area contributed by atoms with Crippen LogP contribution < -0.4 is 0 Å². The minimum atomic E-state index is -3.70. The molecular formula is C25H27F4N3O3S2. The SMILES string of the molecule is C[C@@H]1CCCN(S(=O)(=O)c2ccc3c(c2)nc(SCc2cc(F)c(F)c(F)c2F)n3C[C@H]2CCCO2)C1. The monoisotopic (exact) mass is 557 g/mol. The summed E-state index contributed by atoms with van der Waals surface area (Å²) in [7, 11) is -3.70. The van der Waals surface area contributed by atoms with Crippen molar-refractivity contribution in [2.45, 2.75) is 61.1 Å². The van der Waals surface area contributed by atoms with Gasteiger partial charge in [0.2, 0.25) is 10.0 Å². The summed E-state index contributed by atoms with van der Waals surface area (Å²) in [4.78, 5) is 4.74. The van der Waals surface area contributed by atoms with Crippen LogP contribution in [0.1, 0.15) is 38.2 Å². The molecule has 0 spiro atoms. The van der Waals surface area contributed by atoms with Crippen LogP contribution in [0, 0.1) is 29.2 Å². The third-order valence-electron chi connectivity index (χ3n) is 6.89. The van der Waals surface area contributed by atoms with E-state index < -0.39 is 33.3 Å². The van der Waals surface area contributed by atoms with Crippen LogP contribution in [0.4, 0.5) is 17.6 Å². The van der Waals surface area contributed by atoms with E-state index in [1.807, 2.05) is 11.5 Å².